The van der Waals surface area contributed by atoms with E-state index in [1.807, 2.05) is 38.2 Å². The normalized spacial score (nSPS) is 13.0. The van der Waals surface area contributed by atoms with Crippen molar-refractivity contribution in [2.75, 3.05) is 20.3 Å². The van der Waals surface area contributed by atoms with Crippen LogP contribution in [0.1, 0.15) is 22.3 Å². The molecule has 1 aliphatic rings. The molecule has 0 aliphatic carbocycles. The molecule has 5 nitrogen and oxygen atoms in total. The van der Waals surface area contributed by atoms with Gasteiger partial charge in [0.25, 0.3) is 0 Å². The summed E-state index contributed by atoms with van der Waals surface area (Å²) in [6.45, 7) is 5.74. The van der Waals surface area contributed by atoms with E-state index in [1.54, 1.807) is 11.2 Å². The molecular formula is C22H23NO4. The third kappa shape index (κ3) is 3.37. The van der Waals surface area contributed by atoms with Gasteiger partial charge in [0.1, 0.15) is 18.8 Å². The van der Waals surface area contributed by atoms with Crippen LogP contribution in [0.2, 0.25) is 0 Å². The number of likely N-dealkylation sites (N-methyl/N-ethyl adjacent to an activating group) is 1. The van der Waals surface area contributed by atoms with Gasteiger partial charge in [-0.3, -0.25) is 4.79 Å². The van der Waals surface area contributed by atoms with Gasteiger partial charge in [0, 0.05) is 24.5 Å². The summed E-state index contributed by atoms with van der Waals surface area (Å²) in [6.07, 6.45) is 2.02. The Bertz CT molecular complexity index is 1000. The highest BCUT2D eigenvalue weighted by Gasteiger charge is 2.17. The van der Waals surface area contributed by atoms with Crippen molar-refractivity contribution in [2.24, 2.45) is 0 Å². The zero-order valence-electron chi connectivity index (χ0n) is 15.9. The molecule has 0 saturated carbocycles. The molecule has 1 aromatic heterocycles. The number of hydrogen-bond acceptors (Lipinski definition) is 4. The SMILES string of the molecule is Cc1ccc2c(CC(=O)N(C)Cc3ccc4c(c3)OCCO4)coc2c1C. The summed E-state index contributed by atoms with van der Waals surface area (Å²) < 4.78 is 16.9. The average Bonchev–Trinajstić information content (AvgIpc) is 3.08. The van der Waals surface area contributed by atoms with Gasteiger partial charge in [0.05, 0.1) is 12.7 Å². The van der Waals surface area contributed by atoms with Crippen LogP contribution in [0.15, 0.2) is 41.0 Å². The van der Waals surface area contributed by atoms with E-state index in [0.717, 1.165) is 39.2 Å². The van der Waals surface area contributed by atoms with Gasteiger partial charge < -0.3 is 18.8 Å². The molecule has 0 fully saturated rings. The van der Waals surface area contributed by atoms with Crippen LogP contribution in [0.5, 0.6) is 11.5 Å². The summed E-state index contributed by atoms with van der Waals surface area (Å²) >= 11 is 0. The van der Waals surface area contributed by atoms with Gasteiger partial charge >= 0.3 is 0 Å². The summed E-state index contributed by atoms with van der Waals surface area (Å²) in [7, 11) is 1.82. The number of ether oxygens (including phenoxy) is 2. The average molecular weight is 365 g/mol. The van der Waals surface area contributed by atoms with Crippen LogP contribution < -0.4 is 9.47 Å². The van der Waals surface area contributed by atoms with Crippen molar-refractivity contribution >= 4 is 16.9 Å². The van der Waals surface area contributed by atoms with E-state index in [1.165, 1.54) is 5.56 Å². The zero-order valence-corrected chi connectivity index (χ0v) is 15.9. The molecule has 3 aromatic rings. The Morgan fingerprint density at radius 1 is 1.07 bits per heavy atom. The summed E-state index contributed by atoms with van der Waals surface area (Å²) in [5, 5.41) is 1.01. The Kier molecular flexibility index (Phi) is 4.52. The Morgan fingerprint density at radius 2 is 1.85 bits per heavy atom. The first-order valence-electron chi connectivity index (χ1n) is 9.11. The fourth-order valence-corrected chi connectivity index (χ4v) is 3.37. The van der Waals surface area contributed by atoms with Crippen LogP contribution in [-0.2, 0) is 17.8 Å². The van der Waals surface area contributed by atoms with E-state index in [2.05, 4.69) is 13.0 Å². The lowest BCUT2D eigenvalue weighted by atomic mass is 10.0. The molecule has 0 atom stereocenters. The number of rotatable bonds is 4. The number of fused-ring (bicyclic) bond motifs is 2. The van der Waals surface area contributed by atoms with E-state index in [9.17, 15) is 4.79 Å². The molecule has 1 aliphatic heterocycles. The lowest BCUT2D eigenvalue weighted by Crippen LogP contribution is -2.27. The maximum atomic E-state index is 12.7. The predicted octanol–water partition coefficient (Wildman–Crippen LogP) is 4.02. The van der Waals surface area contributed by atoms with Gasteiger partial charge in [-0.05, 0) is 42.7 Å². The fraction of sp³-hybridized carbons (Fsp3) is 0.318. The minimum Gasteiger partial charge on any atom is -0.486 e. The molecule has 27 heavy (non-hydrogen) atoms. The molecule has 2 heterocycles. The van der Waals surface area contributed by atoms with E-state index in [0.29, 0.717) is 26.2 Å². The number of carbonyl (C=O) groups excluding carboxylic acids is 1. The van der Waals surface area contributed by atoms with Crippen LogP contribution in [0.25, 0.3) is 11.0 Å². The Hall–Kier alpha value is -2.95. The molecule has 0 saturated heterocycles. The van der Waals surface area contributed by atoms with Crippen LogP contribution in [-0.4, -0.2) is 31.1 Å². The molecular weight excluding hydrogens is 342 g/mol. The number of furan rings is 1. The summed E-state index contributed by atoms with van der Waals surface area (Å²) in [4.78, 5) is 14.5. The molecule has 4 rings (SSSR count). The van der Waals surface area contributed by atoms with Crippen LogP contribution >= 0.6 is 0 Å². The van der Waals surface area contributed by atoms with E-state index < -0.39 is 0 Å². The first kappa shape index (κ1) is 17.5. The maximum Gasteiger partial charge on any atom is 0.227 e. The van der Waals surface area contributed by atoms with Gasteiger partial charge in [-0.15, -0.1) is 0 Å². The van der Waals surface area contributed by atoms with Gasteiger partial charge in [0.2, 0.25) is 5.91 Å². The van der Waals surface area contributed by atoms with Crippen LogP contribution in [0.4, 0.5) is 0 Å². The van der Waals surface area contributed by atoms with Crippen molar-refractivity contribution in [1.29, 1.82) is 0 Å². The monoisotopic (exact) mass is 365 g/mol. The van der Waals surface area contributed by atoms with Crippen LogP contribution in [0.3, 0.4) is 0 Å². The third-order valence-electron chi connectivity index (χ3n) is 5.14. The number of hydrogen-bond donors (Lipinski definition) is 0. The second-order valence-electron chi connectivity index (χ2n) is 7.05. The van der Waals surface area contributed by atoms with E-state index in [4.69, 9.17) is 13.9 Å². The van der Waals surface area contributed by atoms with Gasteiger partial charge in [0.15, 0.2) is 11.5 Å². The predicted molar refractivity (Wildman–Crippen MR) is 103 cm³/mol. The molecule has 2 aromatic carbocycles. The molecule has 0 bridgehead atoms. The number of benzene rings is 2. The third-order valence-corrected chi connectivity index (χ3v) is 5.14. The second kappa shape index (κ2) is 6.99. The van der Waals surface area contributed by atoms with Crippen LogP contribution in [0, 0.1) is 13.8 Å². The van der Waals surface area contributed by atoms with E-state index in [-0.39, 0.29) is 5.91 Å². The number of nitrogens with zero attached hydrogens (tertiary/aromatic N) is 1. The molecule has 0 radical (unpaired) electrons. The van der Waals surface area contributed by atoms with E-state index >= 15 is 0 Å². The van der Waals surface area contributed by atoms with Crippen molar-refractivity contribution in [3.05, 3.63) is 58.8 Å². The van der Waals surface area contributed by atoms with Gasteiger partial charge in [-0.25, -0.2) is 0 Å². The largest absolute Gasteiger partial charge is 0.486 e. The number of aryl methyl sites for hydroxylation is 2. The van der Waals surface area contributed by atoms with Crippen molar-refractivity contribution in [3.63, 3.8) is 0 Å². The minimum atomic E-state index is 0.0471. The number of amides is 1. The van der Waals surface area contributed by atoms with Crippen molar-refractivity contribution in [2.45, 2.75) is 26.8 Å². The lowest BCUT2D eigenvalue weighted by Gasteiger charge is -2.21. The molecule has 140 valence electrons. The van der Waals surface area contributed by atoms with Gasteiger partial charge in [-0.1, -0.05) is 18.2 Å². The first-order valence-corrected chi connectivity index (χ1v) is 9.11. The van der Waals surface area contributed by atoms with Crippen molar-refractivity contribution in [1.82, 2.24) is 4.90 Å². The molecule has 0 unspecified atom stereocenters. The Labute approximate surface area is 158 Å². The zero-order chi connectivity index (χ0) is 19.0. The number of carbonyl (C=O) groups is 1. The van der Waals surface area contributed by atoms with Gasteiger partial charge in [-0.2, -0.15) is 0 Å². The smallest absolute Gasteiger partial charge is 0.227 e. The first-order chi connectivity index (χ1) is 13.0. The van der Waals surface area contributed by atoms with Crippen molar-refractivity contribution < 1.29 is 18.7 Å². The highest BCUT2D eigenvalue weighted by Crippen LogP contribution is 2.31. The second-order valence-corrected chi connectivity index (χ2v) is 7.05. The highest BCUT2D eigenvalue weighted by molar-refractivity contribution is 5.89. The molecule has 0 N–H and O–H groups in total. The minimum absolute atomic E-state index is 0.0471. The Balaban J connectivity index is 1.48. The topological polar surface area (TPSA) is 51.9 Å². The molecule has 1 amide bonds. The molecule has 5 heteroatoms. The summed E-state index contributed by atoms with van der Waals surface area (Å²) in [6, 6.07) is 9.91. The van der Waals surface area contributed by atoms with Crippen molar-refractivity contribution in [3.8, 4) is 11.5 Å². The Morgan fingerprint density at radius 3 is 2.67 bits per heavy atom. The summed E-state index contributed by atoms with van der Waals surface area (Å²) in [5.74, 6) is 1.55. The molecule has 0 spiro atoms. The standard InChI is InChI=1S/C22H23NO4/c1-14-4-6-18-17(13-27-22(18)15(14)2)11-21(24)23(3)12-16-5-7-19-20(10-16)26-9-8-25-19/h4-7,10,13H,8-9,11-12H2,1-3H3. The quantitative estimate of drug-likeness (QED) is 0.701. The lowest BCUT2D eigenvalue weighted by molar-refractivity contribution is -0.129. The summed E-state index contributed by atoms with van der Waals surface area (Å²) in [5.41, 5.74) is 5.11. The highest BCUT2D eigenvalue weighted by atomic mass is 16.6. The maximum absolute atomic E-state index is 12.7. The fourth-order valence-electron chi connectivity index (χ4n) is 3.37.